The number of carbonyl (C=O) groups excluding carboxylic acids is 1. The van der Waals surface area contributed by atoms with E-state index in [2.05, 4.69) is 27.1 Å². The van der Waals surface area contributed by atoms with Crippen LogP contribution in [0.3, 0.4) is 0 Å². The van der Waals surface area contributed by atoms with E-state index in [1.54, 1.807) is 6.92 Å². The monoisotopic (exact) mass is 324 g/mol. The Labute approximate surface area is 143 Å². The van der Waals surface area contributed by atoms with Gasteiger partial charge in [0.25, 0.3) is 0 Å². The van der Waals surface area contributed by atoms with Crippen LogP contribution in [0.25, 0.3) is 0 Å². The topological polar surface area (TPSA) is 58.1 Å². The highest BCUT2D eigenvalue weighted by molar-refractivity contribution is 5.94. The number of nitrogens with zero attached hydrogens (tertiary/aromatic N) is 3. The van der Waals surface area contributed by atoms with Crippen molar-refractivity contribution >= 4 is 23.2 Å². The van der Waals surface area contributed by atoms with E-state index in [9.17, 15) is 4.79 Å². The van der Waals surface area contributed by atoms with Gasteiger partial charge < -0.3 is 10.2 Å². The fraction of sp³-hybridized carbons (Fsp3) is 0.421. The van der Waals surface area contributed by atoms with Gasteiger partial charge in [0.1, 0.15) is 5.82 Å². The van der Waals surface area contributed by atoms with Crippen molar-refractivity contribution < 1.29 is 4.79 Å². The van der Waals surface area contributed by atoms with Crippen molar-refractivity contribution in [1.82, 2.24) is 9.97 Å². The Balaban J connectivity index is 1.79. The van der Waals surface area contributed by atoms with Crippen LogP contribution >= 0.6 is 0 Å². The van der Waals surface area contributed by atoms with E-state index in [0.29, 0.717) is 17.4 Å². The number of hydrogen-bond acceptors (Lipinski definition) is 5. The lowest BCUT2D eigenvalue weighted by atomic mass is 10.0. The van der Waals surface area contributed by atoms with Crippen LogP contribution in [0.1, 0.15) is 42.7 Å². The summed E-state index contributed by atoms with van der Waals surface area (Å²) in [6.45, 7) is 7.94. The third-order valence-electron chi connectivity index (χ3n) is 4.37. The van der Waals surface area contributed by atoms with Crippen LogP contribution in [0, 0.1) is 12.8 Å². The van der Waals surface area contributed by atoms with Gasteiger partial charge in [0.15, 0.2) is 5.78 Å². The Morgan fingerprint density at radius 2 is 2.00 bits per heavy atom. The zero-order valence-corrected chi connectivity index (χ0v) is 14.5. The average Bonchev–Trinajstić information content (AvgIpc) is 2.55. The van der Waals surface area contributed by atoms with Crippen LogP contribution < -0.4 is 10.2 Å². The van der Waals surface area contributed by atoms with Crippen LogP contribution in [-0.2, 0) is 0 Å². The molecule has 0 radical (unpaired) electrons. The molecule has 1 aromatic heterocycles. The molecule has 1 aromatic carbocycles. The smallest absolute Gasteiger partial charge is 0.229 e. The summed E-state index contributed by atoms with van der Waals surface area (Å²) in [6.07, 6.45) is 2.49. The second-order valence-electron chi connectivity index (χ2n) is 6.64. The molecule has 1 N–H and O–H groups in total. The molecule has 5 heteroatoms. The molecule has 3 rings (SSSR count). The zero-order chi connectivity index (χ0) is 17.1. The van der Waals surface area contributed by atoms with Crippen LogP contribution in [0.4, 0.5) is 17.5 Å². The summed E-state index contributed by atoms with van der Waals surface area (Å²) in [5, 5.41) is 3.24. The molecule has 2 aromatic rings. The molecule has 5 nitrogen and oxygen atoms in total. The zero-order valence-electron chi connectivity index (χ0n) is 14.5. The summed E-state index contributed by atoms with van der Waals surface area (Å²) in [6, 6.07) is 9.43. The summed E-state index contributed by atoms with van der Waals surface area (Å²) < 4.78 is 0. The highest BCUT2D eigenvalue weighted by Crippen LogP contribution is 2.23. The molecule has 1 aliphatic heterocycles. The van der Waals surface area contributed by atoms with E-state index >= 15 is 0 Å². The summed E-state index contributed by atoms with van der Waals surface area (Å²) in [7, 11) is 0. The first-order valence-electron chi connectivity index (χ1n) is 8.50. The number of benzene rings is 1. The first-order valence-corrected chi connectivity index (χ1v) is 8.50. The first-order chi connectivity index (χ1) is 11.5. The number of aromatic nitrogens is 2. The normalized spacial score (nSPS) is 17.6. The lowest BCUT2D eigenvalue weighted by molar-refractivity contribution is 0.101. The quantitative estimate of drug-likeness (QED) is 0.863. The van der Waals surface area contributed by atoms with Gasteiger partial charge in [0.05, 0.1) is 0 Å². The predicted molar refractivity (Wildman–Crippen MR) is 97.1 cm³/mol. The maximum absolute atomic E-state index is 11.4. The number of ketones is 1. The van der Waals surface area contributed by atoms with Crippen LogP contribution in [-0.4, -0.2) is 28.8 Å². The molecule has 1 atom stereocenters. The fourth-order valence-electron chi connectivity index (χ4n) is 3.08. The molecule has 0 spiro atoms. The third-order valence-corrected chi connectivity index (χ3v) is 4.37. The minimum atomic E-state index is 0.0647. The molecular weight excluding hydrogens is 300 g/mol. The highest BCUT2D eigenvalue weighted by atomic mass is 16.1. The Morgan fingerprint density at radius 3 is 2.67 bits per heavy atom. The predicted octanol–water partition coefficient (Wildman–Crippen LogP) is 3.97. The van der Waals surface area contributed by atoms with E-state index in [0.717, 1.165) is 30.3 Å². The summed E-state index contributed by atoms with van der Waals surface area (Å²) in [4.78, 5) is 22.9. The molecule has 24 heavy (non-hydrogen) atoms. The largest absolute Gasteiger partial charge is 0.356 e. The number of rotatable bonds is 4. The van der Waals surface area contributed by atoms with Gasteiger partial charge in [-0.1, -0.05) is 6.92 Å². The van der Waals surface area contributed by atoms with E-state index in [1.807, 2.05) is 37.3 Å². The molecule has 0 aliphatic carbocycles. The molecule has 0 amide bonds. The van der Waals surface area contributed by atoms with Crippen molar-refractivity contribution in [3.63, 3.8) is 0 Å². The number of nitrogens with one attached hydrogen (secondary N) is 1. The first kappa shape index (κ1) is 16.4. The minimum Gasteiger partial charge on any atom is -0.356 e. The van der Waals surface area contributed by atoms with Crippen molar-refractivity contribution in [3.8, 4) is 0 Å². The molecular formula is C19H24N4O. The molecule has 1 fully saturated rings. The van der Waals surface area contributed by atoms with Gasteiger partial charge in [-0.05, 0) is 56.9 Å². The minimum absolute atomic E-state index is 0.0647. The van der Waals surface area contributed by atoms with E-state index in [4.69, 9.17) is 0 Å². The van der Waals surface area contributed by atoms with Crippen LogP contribution in [0.5, 0.6) is 0 Å². The molecule has 1 aliphatic rings. The Kier molecular flexibility index (Phi) is 4.79. The van der Waals surface area contributed by atoms with Crippen molar-refractivity contribution in [1.29, 1.82) is 0 Å². The van der Waals surface area contributed by atoms with Crippen LogP contribution in [0.15, 0.2) is 30.3 Å². The molecule has 1 unspecified atom stereocenters. The number of aryl methyl sites for hydroxylation is 1. The van der Waals surface area contributed by atoms with Crippen molar-refractivity contribution in [3.05, 3.63) is 41.6 Å². The standard InChI is InChI=1S/C19H24N4O/c1-13-5-4-10-23(12-13)18-11-14(2)20-19(22-18)21-17-8-6-16(7-9-17)15(3)24/h6-9,11,13H,4-5,10,12H2,1-3H3,(H,20,21,22). The van der Waals surface area contributed by atoms with Crippen molar-refractivity contribution in [2.24, 2.45) is 5.92 Å². The number of hydrogen-bond donors (Lipinski definition) is 1. The summed E-state index contributed by atoms with van der Waals surface area (Å²) >= 11 is 0. The van der Waals surface area contributed by atoms with Crippen molar-refractivity contribution in [2.75, 3.05) is 23.3 Å². The molecule has 0 bridgehead atoms. The molecule has 2 heterocycles. The van der Waals surface area contributed by atoms with Gasteiger partial charge in [-0.15, -0.1) is 0 Å². The number of Topliss-reactive ketones (excluding diaryl/α,β-unsaturated/α-hetero) is 1. The third kappa shape index (κ3) is 3.91. The molecule has 0 saturated carbocycles. The van der Waals surface area contributed by atoms with E-state index < -0.39 is 0 Å². The van der Waals surface area contributed by atoms with Gasteiger partial charge in [-0.3, -0.25) is 4.79 Å². The SMILES string of the molecule is CC(=O)c1ccc(Nc2nc(C)cc(N3CCCC(C)C3)n2)cc1. The summed E-state index contributed by atoms with van der Waals surface area (Å²) in [5.74, 6) is 2.34. The number of anilines is 3. The summed E-state index contributed by atoms with van der Waals surface area (Å²) in [5.41, 5.74) is 2.53. The fourth-order valence-corrected chi connectivity index (χ4v) is 3.08. The van der Waals surface area contributed by atoms with Gasteiger partial charge in [-0.2, -0.15) is 4.98 Å². The number of carbonyl (C=O) groups is 1. The van der Waals surface area contributed by atoms with Gasteiger partial charge in [0.2, 0.25) is 5.95 Å². The average molecular weight is 324 g/mol. The second kappa shape index (κ2) is 6.99. The lowest BCUT2D eigenvalue weighted by Crippen LogP contribution is -2.35. The Morgan fingerprint density at radius 1 is 1.25 bits per heavy atom. The Hall–Kier alpha value is -2.43. The van der Waals surface area contributed by atoms with Gasteiger partial charge in [-0.25, -0.2) is 4.98 Å². The molecule has 1 saturated heterocycles. The van der Waals surface area contributed by atoms with Crippen LogP contribution in [0.2, 0.25) is 0 Å². The highest BCUT2D eigenvalue weighted by Gasteiger charge is 2.18. The Bertz CT molecular complexity index is 727. The van der Waals surface area contributed by atoms with E-state index in [1.165, 1.54) is 12.8 Å². The second-order valence-corrected chi connectivity index (χ2v) is 6.64. The van der Waals surface area contributed by atoms with Gasteiger partial charge in [0, 0.05) is 36.1 Å². The maximum atomic E-state index is 11.4. The molecule has 126 valence electrons. The number of piperidine rings is 1. The van der Waals surface area contributed by atoms with Crippen molar-refractivity contribution in [2.45, 2.75) is 33.6 Å². The van der Waals surface area contributed by atoms with E-state index in [-0.39, 0.29) is 5.78 Å². The maximum Gasteiger partial charge on any atom is 0.229 e. The van der Waals surface area contributed by atoms with Gasteiger partial charge >= 0.3 is 0 Å². The lowest BCUT2D eigenvalue weighted by Gasteiger charge is -2.32.